The molecule has 2 aliphatic heterocycles. The first-order valence-corrected chi connectivity index (χ1v) is 7.48. The van der Waals surface area contributed by atoms with Crippen molar-refractivity contribution >= 4 is 5.91 Å². The van der Waals surface area contributed by atoms with Crippen LogP contribution in [0.1, 0.15) is 36.5 Å². The number of amides is 1. The van der Waals surface area contributed by atoms with Gasteiger partial charge in [0.2, 0.25) is 5.91 Å². The Labute approximate surface area is 119 Å². The minimum Gasteiger partial charge on any atom is -0.373 e. The molecule has 1 amide bonds. The summed E-state index contributed by atoms with van der Waals surface area (Å²) in [7, 11) is 0. The van der Waals surface area contributed by atoms with Crippen molar-refractivity contribution in [2.24, 2.45) is 5.73 Å². The lowest BCUT2D eigenvalue weighted by Crippen LogP contribution is -2.40. The minimum absolute atomic E-state index is 0.0912. The lowest BCUT2D eigenvalue weighted by Gasteiger charge is -2.29. The highest BCUT2D eigenvalue weighted by Crippen LogP contribution is 2.31. The number of nitrogens with two attached hydrogens (primary N) is 1. The van der Waals surface area contributed by atoms with E-state index in [2.05, 4.69) is 12.1 Å². The van der Waals surface area contributed by atoms with Crippen LogP contribution in [-0.2, 0) is 16.0 Å². The average Bonchev–Trinajstić information content (AvgIpc) is 2.96. The summed E-state index contributed by atoms with van der Waals surface area (Å²) < 4.78 is 5.82. The Bertz CT molecular complexity index is 489. The molecule has 1 aromatic carbocycles. The van der Waals surface area contributed by atoms with Crippen LogP contribution in [0.2, 0.25) is 0 Å². The van der Waals surface area contributed by atoms with Crippen molar-refractivity contribution in [3.63, 3.8) is 0 Å². The number of hydrogen-bond donors (Lipinski definition) is 1. The van der Waals surface area contributed by atoms with E-state index >= 15 is 0 Å². The van der Waals surface area contributed by atoms with Crippen LogP contribution in [0.15, 0.2) is 24.3 Å². The van der Waals surface area contributed by atoms with E-state index in [4.69, 9.17) is 10.5 Å². The Kier molecular flexibility index (Phi) is 4.03. The Balaban J connectivity index is 1.71. The quantitative estimate of drug-likeness (QED) is 0.911. The van der Waals surface area contributed by atoms with Crippen molar-refractivity contribution < 1.29 is 9.53 Å². The molecule has 0 aliphatic carbocycles. The van der Waals surface area contributed by atoms with E-state index in [0.29, 0.717) is 19.6 Å². The molecule has 20 heavy (non-hydrogen) atoms. The van der Waals surface area contributed by atoms with E-state index in [1.54, 1.807) is 0 Å². The zero-order valence-electron chi connectivity index (χ0n) is 11.8. The first kappa shape index (κ1) is 13.6. The van der Waals surface area contributed by atoms with Gasteiger partial charge in [0.15, 0.2) is 0 Å². The number of fused-ring (bicyclic) bond motifs is 1. The second-order valence-electron chi connectivity index (χ2n) is 5.63. The van der Waals surface area contributed by atoms with Crippen LogP contribution in [0, 0.1) is 0 Å². The van der Waals surface area contributed by atoms with Gasteiger partial charge in [-0.05, 0) is 30.4 Å². The van der Waals surface area contributed by atoms with E-state index in [-0.39, 0.29) is 18.1 Å². The van der Waals surface area contributed by atoms with Crippen molar-refractivity contribution in [1.29, 1.82) is 0 Å². The Morgan fingerprint density at radius 3 is 3.10 bits per heavy atom. The molecule has 1 fully saturated rings. The third kappa shape index (κ3) is 2.58. The lowest BCUT2D eigenvalue weighted by atomic mass is 9.95. The van der Waals surface area contributed by atoms with Crippen molar-refractivity contribution in [3.05, 3.63) is 35.4 Å². The van der Waals surface area contributed by atoms with Gasteiger partial charge in [-0.1, -0.05) is 24.3 Å². The van der Waals surface area contributed by atoms with Gasteiger partial charge in [-0.25, -0.2) is 0 Å². The van der Waals surface area contributed by atoms with Crippen LogP contribution in [0.5, 0.6) is 0 Å². The number of likely N-dealkylation sites (tertiary alicyclic amines) is 1. The standard InChI is InChI=1S/C16H22N2O2/c17-11-13-5-3-8-18(13)16(19)10-15-14-6-2-1-4-12(14)7-9-20-15/h1-2,4,6,13,15H,3,5,7-11,17H2/t13-,15-/m1/s1. The van der Waals surface area contributed by atoms with Crippen molar-refractivity contribution in [1.82, 2.24) is 4.90 Å². The van der Waals surface area contributed by atoms with Gasteiger partial charge in [-0.15, -0.1) is 0 Å². The zero-order valence-corrected chi connectivity index (χ0v) is 11.8. The van der Waals surface area contributed by atoms with Gasteiger partial charge >= 0.3 is 0 Å². The summed E-state index contributed by atoms with van der Waals surface area (Å²) in [5.74, 6) is 0.180. The van der Waals surface area contributed by atoms with Gasteiger partial charge in [0, 0.05) is 19.1 Å². The number of carbonyl (C=O) groups is 1. The van der Waals surface area contributed by atoms with Gasteiger partial charge in [0.1, 0.15) is 0 Å². The summed E-state index contributed by atoms with van der Waals surface area (Å²) in [5, 5.41) is 0. The number of rotatable bonds is 3. The van der Waals surface area contributed by atoms with Crippen molar-refractivity contribution in [2.45, 2.75) is 37.8 Å². The summed E-state index contributed by atoms with van der Waals surface area (Å²) in [6.07, 6.45) is 3.38. The highest BCUT2D eigenvalue weighted by molar-refractivity contribution is 5.77. The Hall–Kier alpha value is -1.39. The molecular formula is C16H22N2O2. The molecule has 4 heteroatoms. The smallest absolute Gasteiger partial charge is 0.225 e. The van der Waals surface area contributed by atoms with Crippen LogP contribution in [-0.4, -0.2) is 36.5 Å². The molecule has 0 radical (unpaired) electrons. The molecule has 2 N–H and O–H groups in total. The highest BCUT2D eigenvalue weighted by atomic mass is 16.5. The first-order valence-electron chi connectivity index (χ1n) is 7.48. The second kappa shape index (κ2) is 5.94. The SMILES string of the molecule is NC[C@H]1CCCN1C(=O)C[C@H]1OCCc2ccccc21. The monoisotopic (exact) mass is 274 g/mol. The Morgan fingerprint density at radius 2 is 2.25 bits per heavy atom. The summed E-state index contributed by atoms with van der Waals surface area (Å²) in [4.78, 5) is 14.4. The predicted octanol–water partition coefficient (Wildman–Crippen LogP) is 1.64. The molecule has 2 heterocycles. The van der Waals surface area contributed by atoms with Gasteiger partial charge < -0.3 is 15.4 Å². The molecule has 0 bridgehead atoms. The van der Waals surface area contributed by atoms with E-state index in [1.165, 1.54) is 11.1 Å². The number of ether oxygens (including phenoxy) is 1. The average molecular weight is 274 g/mol. The van der Waals surface area contributed by atoms with Gasteiger partial charge in [-0.2, -0.15) is 0 Å². The fourth-order valence-corrected chi connectivity index (χ4v) is 3.33. The molecule has 0 unspecified atom stereocenters. The Morgan fingerprint density at radius 1 is 1.40 bits per heavy atom. The van der Waals surface area contributed by atoms with E-state index < -0.39 is 0 Å². The summed E-state index contributed by atoms with van der Waals surface area (Å²) in [6, 6.07) is 8.50. The molecule has 1 aromatic rings. The summed E-state index contributed by atoms with van der Waals surface area (Å²) in [5.41, 5.74) is 8.24. The molecule has 4 nitrogen and oxygen atoms in total. The van der Waals surface area contributed by atoms with Crippen molar-refractivity contribution in [2.75, 3.05) is 19.7 Å². The fourth-order valence-electron chi connectivity index (χ4n) is 3.33. The van der Waals surface area contributed by atoms with Crippen LogP contribution < -0.4 is 5.73 Å². The summed E-state index contributed by atoms with van der Waals surface area (Å²) in [6.45, 7) is 2.11. The van der Waals surface area contributed by atoms with Crippen molar-refractivity contribution in [3.8, 4) is 0 Å². The number of benzene rings is 1. The van der Waals surface area contributed by atoms with E-state index in [0.717, 1.165) is 25.8 Å². The largest absolute Gasteiger partial charge is 0.373 e. The van der Waals surface area contributed by atoms with Gasteiger partial charge in [0.05, 0.1) is 19.1 Å². The lowest BCUT2D eigenvalue weighted by molar-refractivity contribution is -0.135. The summed E-state index contributed by atoms with van der Waals surface area (Å²) >= 11 is 0. The molecule has 2 aliphatic rings. The zero-order chi connectivity index (χ0) is 13.9. The molecule has 2 atom stereocenters. The number of nitrogens with zero attached hydrogens (tertiary/aromatic N) is 1. The van der Waals surface area contributed by atoms with Crippen LogP contribution in [0.25, 0.3) is 0 Å². The third-order valence-electron chi connectivity index (χ3n) is 4.42. The molecule has 1 saturated heterocycles. The third-order valence-corrected chi connectivity index (χ3v) is 4.42. The molecule has 0 saturated carbocycles. The molecule has 3 rings (SSSR count). The maximum absolute atomic E-state index is 12.5. The molecular weight excluding hydrogens is 252 g/mol. The van der Waals surface area contributed by atoms with Crippen LogP contribution in [0.4, 0.5) is 0 Å². The number of carbonyl (C=O) groups excluding carboxylic acids is 1. The maximum Gasteiger partial charge on any atom is 0.225 e. The van der Waals surface area contributed by atoms with E-state index in [9.17, 15) is 4.79 Å². The van der Waals surface area contributed by atoms with Gasteiger partial charge in [0.25, 0.3) is 0 Å². The molecule has 108 valence electrons. The minimum atomic E-state index is -0.0912. The topological polar surface area (TPSA) is 55.6 Å². The highest BCUT2D eigenvalue weighted by Gasteiger charge is 2.31. The second-order valence-corrected chi connectivity index (χ2v) is 5.63. The number of hydrogen-bond acceptors (Lipinski definition) is 3. The molecule has 0 aromatic heterocycles. The van der Waals surface area contributed by atoms with Crippen LogP contribution >= 0.6 is 0 Å². The normalized spacial score (nSPS) is 25.6. The fraction of sp³-hybridized carbons (Fsp3) is 0.562. The molecule has 0 spiro atoms. The van der Waals surface area contributed by atoms with E-state index in [1.807, 2.05) is 17.0 Å². The van der Waals surface area contributed by atoms with Gasteiger partial charge in [-0.3, -0.25) is 4.79 Å². The van der Waals surface area contributed by atoms with Crippen LogP contribution in [0.3, 0.4) is 0 Å². The maximum atomic E-state index is 12.5. The predicted molar refractivity (Wildman–Crippen MR) is 77.2 cm³/mol. The first-order chi connectivity index (χ1) is 9.79.